The van der Waals surface area contributed by atoms with Gasteiger partial charge < -0.3 is 14.2 Å². The summed E-state index contributed by atoms with van der Waals surface area (Å²) in [5.74, 6) is -0.269. The Morgan fingerprint density at radius 1 is 1.00 bits per heavy atom. The summed E-state index contributed by atoms with van der Waals surface area (Å²) < 4.78 is 54.7. The van der Waals surface area contributed by atoms with Gasteiger partial charge >= 0.3 is 11.9 Å². The van der Waals surface area contributed by atoms with Crippen LogP contribution in [0, 0.1) is 10.1 Å². The lowest BCUT2D eigenvalue weighted by molar-refractivity contribution is -0.385. The number of carbonyl (C=O) groups is 1. The van der Waals surface area contributed by atoms with Crippen LogP contribution in [0.25, 0.3) is 0 Å². The van der Waals surface area contributed by atoms with Crippen molar-refractivity contribution in [1.29, 1.82) is 0 Å². The molecule has 0 bridgehead atoms. The Kier molecular flexibility index (Phi) is 8.00. The average Bonchev–Trinajstić information content (AvgIpc) is 2.84. The first-order valence-corrected chi connectivity index (χ1v) is 10.3. The Labute approximate surface area is 207 Å². The lowest BCUT2D eigenvalue weighted by Crippen LogP contribution is -2.17. The van der Waals surface area contributed by atoms with E-state index >= 15 is 0 Å². The number of nitrogens with one attached hydrogen (secondary N) is 1. The van der Waals surface area contributed by atoms with E-state index in [1.165, 1.54) is 50.6 Å². The van der Waals surface area contributed by atoms with Crippen LogP contribution < -0.4 is 19.6 Å². The molecule has 9 nitrogen and oxygen atoms in total. The maximum absolute atomic E-state index is 13.0. The first kappa shape index (κ1) is 26.3. The minimum atomic E-state index is -4.77. The second-order valence-corrected chi connectivity index (χ2v) is 7.43. The average molecular weight is 524 g/mol. The molecule has 0 unspecified atom stereocenters. The predicted molar refractivity (Wildman–Crippen MR) is 124 cm³/mol. The van der Waals surface area contributed by atoms with Crippen molar-refractivity contribution in [2.75, 3.05) is 14.2 Å². The van der Waals surface area contributed by atoms with Crippen LogP contribution in [0.2, 0.25) is 5.02 Å². The van der Waals surface area contributed by atoms with E-state index in [2.05, 4.69) is 10.5 Å². The van der Waals surface area contributed by atoms with Crippen LogP contribution in [0.5, 0.6) is 23.0 Å². The molecule has 3 rings (SSSR count). The van der Waals surface area contributed by atoms with Crippen molar-refractivity contribution in [2.45, 2.75) is 6.18 Å². The van der Waals surface area contributed by atoms with Gasteiger partial charge in [0.1, 0.15) is 5.75 Å². The first-order chi connectivity index (χ1) is 17.0. The summed E-state index contributed by atoms with van der Waals surface area (Å²) in [5.41, 5.74) is 0.621. The Bertz CT molecular complexity index is 1330. The van der Waals surface area contributed by atoms with Gasteiger partial charge in [0.25, 0.3) is 5.91 Å². The fraction of sp³-hybridized carbons (Fsp3) is 0.130. The van der Waals surface area contributed by atoms with Crippen LogP contribution in [0.15, 0.2) is 59.7 Å². The van der Waals surface area contributed by atoms with E-state index in [1.54, 1.807) is 0 Å². The van der Waals surface area contributed by atoms with Crippen LogP contribution in [0.3, 0.4) is 0 Å². The molecule has 0 aromatic heterocycles. The summed E-state index contributed by atoms with van der Waals surface area (Å²) in [5, 5.41) is 15.4. The number of hydrazone groups is 1. The van der Waals surface area contributed by atoms with Crippen molar-refractivity contribution < 1.29 is 37.1 Å². The third-order valence-corrected chi connectivity index (χ3v) is 4.93. The van der Waals surface area contributed by atoms with Crippen LogP contribution in [0.4, 0.5) is 18.9 Å². The van der Waals surface area contributed by atoms with Crippen molar-refractivity contribution in [1.82, 2.24) is 5.43 Å². The largest absolute Gasteiger partial charge is 0.493 e. The van der Waals surface area contributed by atoms with Crippen molar-refractivity contribution in [3.05, 3.63) is 86.4 Å². The van der Waals surface area contributed by atoms with Crippen LogP contribution in [-0.4, -0.2) is 31.3 Å². The van der Waals surface area contributed by atoms with Gasteiger partial charge in [-0.05, 0) is 48.5 Å². The maximum Gasteiger partial charge on any atom is 0.416 e. The van der Waals surface area contributed by atoms with Crippen molar-refractivity contribution in [3.8, 4) is 23.0 Å². The van der Waals surface area contributed by atoms with Gasteiger partial charge in [-0.25, -0.2) is 5.43 Å². The lowest BCUT2D eigenvalue weighted by atomic mass is 10.1. The second-order valence-electron chi connectivity index (χ2n) is 6.99. The Hall–Kier alpha value is -4.32. The van der Waals surface area contributed by atoms with E-state index in [0.717, 1.165) is 12.3 Å². The van der Waals surface area contributed by atoms with E-state index in [1.807, 2.05) is 0 Å². The highest BCUT2D eigenvalue weighted by molar-refractivity contribution is 6.30. The standard InChI is InChI=1S/C23H17ClF3N3O6/c1-34-20-6-3-13(10-21(20)35-2)22(31)29-28-12-14-9-16(24)5-8-18(14)36-19-7-4-15(23(25,26)27)11-17(19)30(32)33/h3-12H,1-2H3,(H,29,31)/b28-12+. The number of nitro benzene ring substituents is 1. The minimum Gasteiger partial charge on any atom is -0.493 e. The molecule has 0 aliphatic carbocycles. The quantitative estimate of drug-likeness (QED) is 0.225. The molecule has 0 heterocycles. The zero-order valence-electron chi connectivity index (χ0n) is 18.6. The van der Waals surface area contributed by atoms with Crippen molar-refractivity contribution in [2.24, 2.45) is 5.10 Å². The number of hydrogen-bond donors (Lipinski definition) is 1. The van der Waals surface area contributed by atoms with Gasteiger partial charge in [-0.3, -0.25) is 14.9 Å². The number of methoxy groups -OCH3 is 2. The van der Waals surface area contributed by atoms with Crippen LogP contribution in [-0.2, 0) is 6.18 Å². The highest BCUT2D eigenvalue weighted by Gasteiger charge is 2.33. The number of nitro groups is 1. The molecule has 0 radical (unpaired) electrons. The molecule has 0 atom stereocenters. The number of alkyl halides is 3. The van der Waals surface area contributed by atoms with E-state index in [4.69, 9.17) is 25.8 Å². The second kappa shape index (κ2) is 11.0. The SMILES string of the molecule is COc1ccc(C(=O)N/N=C/c2cc(Cl)ccc2Oc2ccc(C(F)(F)F)cc2[N+](=O)[O-])cc1OC. The molecule has 1 amide bonds. The molecule has 0 saturated carbocycles. The molecule has 0 spiro atoms. The Morgan fingerprint density at radius 3 is 2.31 bits per heavy atom. The zero-order valence-corrected chi connectivity index (χ0v) is 19.4. The molecule has 36 heavy (non-hydrogen) atoms. The normalized spacial score (nSPS) is 11.3. The van der Waals surface area contributed by atoms with E-state index < -0.39 is 34.0 Å². The number of ether oxygens (including phenoxy) is 3. The summed E-state index contributed by atoms with van der Waals surface area (Å²) in [4.78, 5) is 22.8. The van der Waals surface area contributed by atoms with Crippen molar-refractivity contribution in [3.63, 3.8) is 0 Å². The predicted octanol–water partition coefficient (Wildman–Crippen LogP) is 5.84. The fourth-order valence-corrected chi connectivity index (χ4v) is 3.14. The number of carbonyl (C=O) groups excluding carboxylic acids is 1. The summed E-state index contributed by atoms with van der Waals surface area (Å²) in [6, 6.07) is 10.5. The Balaban J connectivity index is 1.85. The number of nitrogens with zero attached hydrogens (tertiary/aromatic N) is 2. The summed E-state index contributed by atoms with van der Waals surface area (Å²) in [6.07, 6.45) is -3.61. The highest BCUT2D eigenvalue weighted by atomic mass is 35.5. The number of hydrogen-bond acceptors (Lipinski definition) is 7. The molecule has 3 aromatic carbocycles. The van der Waals surface area contributed by atoms with Crippen LogP contribution in [0.1, 0.15) is 21.5 Å². The number of amides is 1. The van der Waals surface area contributed by atoms with Gasteiger partial charge in [0, 0.05) is 22.2 Å². The number of benzene rings is 3. The smallest absolute Gasteiger partial charge is 0.416 e. The molecule has 0 saturated heterocycles. The maximum atomic E-state index is 13.0. The van der Waals surface area contributed by atoms with E-state index in [9.17, 15) is 28.1 Å². The molecular weight excluding hydrogens is 507 g/mol. The van der Waals surface area contributed by atoms with E-state index in [-0.39, 0.29) is 21.9 Å². The molecule has 0 fully saturated rings. The topological polar surface area (TPSA) is 112 Å². The van der Waals surface area contributed by atoms with E-state index in [0.29, 0.717) is 23.6 Å². The van der Waals surface area contributed by atoms with Gasteiger partial charge in [0.05, 0.1) is 30.9 Å². The molecule has 0 aliphatic rings. The van der Waals surface area contributed by atoms with Gasteiger partial charge in [0.15, 0.2) is 11.5 Å². The third-order valence-electron chi connectivity index (χ3n) is 4.69. The first-order valence-electron chi connectivity index (χ1n) is 9.92. The molecular formula is C23H17ClF3N3O6. The molecule has 1 N–H and O–H groups in total. The van der Waals surface area contributed by atoms with Gasteiger partial charge in [0.2, 0.25) is 5.75 Å². The van der Waals surface area contributed by atoms with Gasteiger partial charge in [-0.2, -0.15) is 18.3 Å². The summed E-state index contributed by atoms with van der Waals surface area (Å²) >= 11 is 6.01. The van der Waals surface area contributed by atoms with Gasteiger partial charge in [-0.1, -0.05) is 11.6 Å². The van der Waals surface area contributed by atoms with Gasteiger partial charge in [-0.15, -0.1) is 0 Å². The lowest BCUT2D eigenvalue weighted by Gasteiger charge is -2.12. The zero-order chi connectivity index (χ0) is 26.5. The monoisotopic (exact) mass is 523 g/mol. The van der Waals surface area contributed by atoms with Crippen molar-refractivity contribution >= 4 is 29.4 Å². The molecule has 13 heteroatoms. The summed E-state index contributed by atoms with van der Waals surface area (Å²) in [6.45, 7) is 0. The number of halogens is 4. The fourth-order valence-electron chi connectivity index (χ4n) is 2.96. The Morgan fingerprint density at radius 2 is 1.67 bits per heavy atom. The molecule has 0 aliphatic heterocycles. The minimum absolute atomic E-state index is 0.00799. The highest BCUT2D eigenvalue weighted by Crippen LogP contribution is 2.38. The third kappa shape index (κ3) is 6.21. The van der Waals surface area contributed by atoms with Crippen LogP contribution >= 0.6 is 11.6 Å². The molecule has 188 valence electrons. The number of rotatable bonds is 8. The molecule has 3 aromatic rings. The summed E-state index contributed by atoms with van der Waals surface area (Å²) in [7, 11) is 2.87.